The van der Waals surface area contributed by atoms with Crippen molar-refractivity contribution in [2.24, 2.45) is 5.41 Å². The Kier molecular flexibility index (Phi) is 5.76. The Morgan fingerprint density at radius 2 is 1.88 bits per heavy atom. The highest BCUT2D eigenvalue weighted by Gasteiger charge is 2.42. The van der Waals surface area contributed by atoms with Crippen molar-refractivity contribution in [2.75, 3.05) is 5.32 Å². The minimum atomic E-state index is -0.464. The topological polar surface area (TPSA) is 58.2 Å². The summed E-state index contributed by atoms with van der Waals surface area (Å²) in [4.78, 5) is 26.8. The molecule has 0 spiro atoms. The summed E-state index contributed by atoms with van der Waals surface area (Å²) in [5.41, 5.74) is 5.12. The third-order valence-corrected chi connectivity index (χ3v) is 6.29. The van der Waals surface area contributed by atoms with E-state index in [1.165, 1.54) is 17.7 Å². The number of nitrogens with one attached hydrogen (secondary N) is 2. The first-order valence-electron chi connectivity index (χ1n) is 11.1. The fourth-order valence-electron chi connectivity index (χ4n) is 4.78. The first-order valence-corrected chi connectivity index (χ1v) is 11.1. The fraction of sp³-hybridized carbons (Fsp3) is 0.333. The molecule has 2 aliphatic rings. The molecule has 4 rings (SSSR count). The molecule has 0 radical (unpaired) electrons. The molecule has 1 aliphatic heterocycles. The molecule has 0 aromatic heterocycles. The Morgan fingerprint density at radius 3 is 2.53 bits per heavy atom. The van der Waals surface area contributed by atoms with Crippen LogP contribution in [0.3, 0.4) is 0 Å². The highest BCUT2D eigenvalue weighted by Crippen LogP contribution is 2.46. The predicted octanol–water partition coefficient (Wildman–Crippen LogP) is 5.63. The Labute approximate surface area is 188 Å². The van der Waals surface area contributed by atoms with Gasteiger partial charge in [0.2, 0.25) is 0 Å². The molecule has 1 atom stereocenters. The lowest BCUT2D eigenvalue weighted by atomic mass is 9.68. The zero-order valence-corrected chi connectivity index (χ0v) is 19.0. The number of rotatable bonds is 4. The normalized spacial score (nSPS) is 20.0. The highest BCUT2D eigenvalue weighted by atomic mass is 19.1. The van der Waals surface area contributed by atoms with Crippen molar-refractivity contribution in [3.8, 4) is 0 Å². The zero-order valence-electron chi connectivity index (χ0n) is 19.0. The average molecular weight is 433 g/mol. The first-order chi connectivity index (χ1) is 15.2. The number of ketones is 1. The molecule has 32 heavy (non-hydrogen) atoms. The van der Waals surface area contributed by atoms with E-state index in [1.807, 2.05) is 31.2 Å². The van der Waals surface area contributed by atoms with Crippen LogP contribution in [0.1, 0.15) is 57.6 Å². The summed E-state index contributed by atoms with van der Waals surface area (Å²) < 4.78 is 13.7. The number of carbonyl (C=O) groups excluding carboxylic acids is 2. The molecule has 0 unspecified atom stereocenters. The van der Waals surface area contributed by atoms with Crippen LogP contribution in [0.25, 0.3) is 0 Å². The van der Waals surface area contributed by atoms with Crippen molar-refractivity contribution in [2.45, 2.75) is 52.9 Å². The maximum atomic E-state index is 13.7. The van der Waals surface area contributed by atoms with Gasteiger partial charge >= 0.3 is 0 Å². The first kappa shape index (κ1) is 22.0. The van der Waals surface area contributed by atoms with Crippen LogP contribution in [0, 0.1) is 11.2 Å². The summed E-state index contributed by atoms with van der Waals surface area (Å²) in [5.74, 6) is -1.16. The van der Waals surface area contributed by atoms with Crippen molar-refractivity contribution in [3.63, 3.8) is 0 Å². The molecular weight excluding hydrogens is 403 g/mol. The maximum absolute atomic E-state index is 13.7. The number of hydrogen-bond donors (Lipinski definition) is 2. The largest absolute Gasteiger partial charge is 0.362 e. The number of anilines is 1. The number of aryl methyl sites for hydroxylation is 1. The molecule has 2 N–H and O–H groups in total. The smallest absolute Gasteiger partial charge is 0.254 e. The van der Waals surface area contributed by atoms with Crippen molar-refractivity contribution >= 4 is 17.4 Å². The molecule has 1 heterocycles. The maximum Gasteiger partial charge on any atom is 0.254 e. The number of carbonyl (C=O) groups is 2. The van der Waals surface area contributed by atoms with Gasteiger partial charge in [0, 0.05) is 40.6 Å². The van der Waals surface area contributed by atoms with Gasteiger partial charge in [-0.05, 0) is 54.5 Å². The van der Waals surface area contributed by atoms with Crippen molar-refractivity contribution in [1.82, 2.24) is 5.32 Å². The SMILES string of the molecule is CCc1ccc([C@H]2C(C(=O)Nc3cccc(F)c3)=C(C)NC3=C2C(=O)CC(C)(C)C3)cc1. The molecule has 0 fully saturated rings. The monoisotopic (exact) mass is 432 g/mol. The van der Waals surface area contributed by atoms with Crippen LogP contribution in [0.5, 0.6) is 0 Å². The number of dihydropyridines is 1. The molecule has 166 valence electrons. The Bertz CT molecular complexity index is 1140. The summed E-state index contributed by atoms with van der Waals surface area (Å²) in [7, 11) is 0. The second-order valence-electron chi connectivity index (χ2n) is 9.49. The van der Waals surface area contributed by atoms with Gasteiger partial charge in [-0.1, -0.05) is 51.1 Å². The van der Waals surface area contributed by atoms with Gasteiger partial charge in [0.1, 0.15) is 5.82 Å². The number of halogens is 1. The molecule has 2 aromatic carbocycles. The highest BCUT2D eigenvalue weighted by molar-refractivity contribution is 6.09. The van der Waals surface area contributed by atoms with Gasteiger partial charge in [0.25, 0.3) is 5.91 Å². The van der Waals surface area contributed by atoms with E-state index in [9.17, 15) is 14.0 Å². The zero-order chi connectivity index (χ0) is 23.0. The minimum absolute atomic E-state index is 0.0665. The van der Waals surface area contributed by atoms with E-state index in [1.54, 1.807) is 12.1 Å². The summed E-state index contributed by atoms with van der Waals surface area (Å²) in [6.07, 6.45) is 2.10. The average Bonchev–Trinajstić information content (AvgIpc) is 2.71. The van der Waals surface area contributed by atoms with Crippen molar-refractivity contribution < 1.29 is 14.0 Å². The quantitative estimate of drug-likeness (QED) is 0.658. The van der Waals surface area contributed by atoms with Crippen LogP contribution in [0.2, 0.25) is 0 Å². The molecular formula is C27H29FN2O2. The number of allylic oxidation sites excluding steroid dienone is 3. The van der Waals surface area contributed by atoms with Crippen LogP contribution in [0.15, 0.2) is 71.1 Å². The van der Waals surface area contributed by atoms with Gasteiger partial charge in [-0.25, -0.2) is 4.39 Å². The van der Waals surface area contributed by atoms with Crippen LogP contribution in [-0.2, 0) is 16.0 Å². The second-order valence-corrected chi connectivity index (χ2v) is 9.49. The molecule has 4 nitrogen and oxygen atoms in total. The molecule has 1 amide bonds. The second kappa shape index (κ2) is 8.38. The fourth-order valence-corrected chi connectivity index (χ4v) is 4.78. The van der Waals surface area contributed by atoms with Crippen molar-refractivity contribution in [3.05, 3.63) is 88.0 Å². The van der Waals surface area contributed by atoms with E-state index in [-0.39, 0.29) is 17.1 Å². The third-order valence-electron chi connectivity index (χ3n) is 6.29. The van der Waals surface area contributed by atoms with Gasteiger partial charge in [-0.2, -0.15) is 0 Å². The van der Waals surface area contributed by atoms with Crippen LogP contribution in [0.4, 0.5) is 10.1 Å². The van der Waals surface area contributed by atoms with E-state index in [0.29, 0.717) is 29.0 Å². The molecule has 5 heteroatoms. The standard InChI is InChI=1S/C27H29FN2O2/c1-5-17-9-11-18(12-10-17)24-23(26(32)30-20-8-6-7-19(28)13-20)16(2)29-21-14-27(3,4)15-22(31)25(21)24/h6-13,24,29H,5,14-15H2,1-4H3,(H,30,32)/t24-/m0/s1. The van der Waals surface area contributed by atoms with E-state index >= 15 is 0 Å². The van der Waals surface area contributed by atoms with Gasteiger partial charge in [0.15, 0.2) is 5.78 Å². The molecule has 0 saturated heterocycles. The summed E-state index contributed by atoms with van der Waals surface area (Å²) in [5, 5.41) is 6.18. The van der Waals surface area contributed by atoms with E-state index in [0.717, 1.165) is 24.1 Å². The molecule has 0 bridgehead atoms. The molecule has 2 aromatic rings. The van der Waals surface area contributed by atoms with Crippen LogP contribution in [-0.4, -0.2) is 11.7 Å². The van der Waals surface area contributed by atoms with Gasteiger partial charge in [0.05, 0.1) is 0 Å². The number of benzene rings is 2. The van der Waals surface area contributed by atoms with Gasteiger partial charge < -0.3 is 10.6 Å². The Morgan fingerprint density at radius 1 is 1.16 bits per heavy atom. The number of hydrogen-bond acceptors (Lipinski definition) is 3. The lowest BCUT2D eigenvalue weighted by Gasteiger charge is -2.39. The van der Waals surface area contributed by atoms with Gasteiger partial charge in [-0.3, -0.25) is 9.59 Å². The van der Waals surface area contributed by atoms with Crippen LogP contribution < -0.4 is 10.6 Å². The van der Waals surface area contributed by atoms with E-state index < -0.39 is 11.7 Å². The number of Topliss-reactive ketones (excluding diaryl/α,β-unsaturated/α-hetero) is 1. The van der Waals surface area contributed by atoms with E-state index in [4.69, 9.17) is 0 Å². The van der Waals surface area contributed by atoms with Crippen molar-refractivity contribution in [1.29, 1.82) is 0 Å². The Balaban J connectivity index is 1.80. The third kappa shape index (κ3) is 4.24. The summed E-state index contributed by atoms with van der Waals surface area (Å²) >= 11 is 0. The lowest BCUT2D eigenvalue weighted by molar-refractivity contribution is -0.118. The minimum Gasteiger partial charge on any atom is -0.362 e. The number of amides is 1. The van der Waals surface area contributed by atoms with Crippen LogP contribution >= 0.6 is 0 Å². The Hall–Kier alpha value is -3.21. The molecule has 0 saturated carbocycles. The lowest BCUT2D eigenvalue weighted by Crippen LogP contribution is -2.39. The summed E-state index contributed by atoms with van der Waals surface area (Å²) in [6, 6.07) is 13.9. The predicted molar refractivity (Wildman–Crippen MR) is 124 cm³/mol. The van der Waals surface area contributed by atoms with Gasteiger partial charge in [-0.15, -0.1) is 0 Å². The molecule has 1 aliphatic carbocycles. The van der Waals surface area contributed by atoms with E-state index in [2.05, 4.69) is 31.4 Å². The summed E-state index contributed by atoms with van der Waals surface area (Å²) in [6.45, 7) is 8.14.